The van der Waals surface area contributed by atoms with Gasteiger partial charge in [0.15, 0.2) is 5.82 Å². The Morgan fingerprint density at radius 2 is 1.88 bits per heavy atom. The second kappa shape index (κ2) is 12.7. The van der Waals surface area contributed by atoms with Gasteiger partial charge in [0.25, 0.3) is 5.91 Å². The third-order valence-electron chi connectivity index (χ3n) is 6.15. The SMILES string of the molecule is CC/C=C(\C=C(/CC)Nc1ncnc2cnc(N3CCN(C)CC3)nc12)C(=O)Nc1cccc(OC(F)(F)F)c1. The molecule has 212 valence electrons. The minimum Gasteiger partial charge on any atom is -0.406 e. The normalized spacial score (nSPS) is 15.3. The van der Waals surface area contributed by atoms with E-state index in [0.29, 0.717) is 46.9 Å². The number of aromatic nitrogens is 4. The highest BCUT2D eigenvalue weighted by atomic mass is 19.4. The van der Waals surface area contributed by atoms with Gasteiger partial charge >= 0.3 is 6.36 Å². The van der Waals surface area contributed by atoms with E-state index in [1.54, 1.807) is 18.3 Å². The molecule has 40 heavy (non-hydrogen) atoms. The van der Waals surface area contributed by atoms with Crippen molar-refractivity contribution in [1.29, 1.82) is 0 Å². The average Bonchev–Trinajstić information content (AvgIpc) is 2.92. The van der Waals surface area contributed by atoms with Gasteiger partial charge in [-0.2, -0.15) is 0 Å². The fraction of sp³-hybridized carbons (Fsp3) is 0.370. The Labute approximate surface area is 230 Å². The Hall–Kier alpha value is -4.26. The summed E-state index contributed by atoms with van der Waals surface area (Å²) in [6.07, 6.45) is 2.77. The van der Waals surface area contributed by atoms with Crippen molar-refractivity contribution in [3.05, 3.63) is 60.2 Å². The van der Waals surface area contributed by atoms with Crippen molar-refractivity contribution >= 4 is 34.4 Å². The van der Waals surface area contributed by atoms with Gasteiger partial charge in [-0.3, -0.25) is 4.79 Å². The van der Waals surface area contributed by atoms with Crippen LogP contribution < -0.4 is 20.3 Å². The monoisotopic (exact) mass is 556 g/mol. The molecule has 1 aliphatic heterocycles. The van der Waals surface area contributed by atoms with E-state index in [9.17, 15) is 18.0 Å². The number of anilines is 3. The molecule has 4 rings (SSSR count). The average molecular weight is 557 g/mol. The van der Waals surface area contributed by atoms with Crippen molar-refractivity contribution in [3.8, 4) is 5.75 Å². The lowest BCUT2D eigenvalue weighted by molar-refractivity contribution is -0.274. The summed E-state index contributed by atoms with van der Waals surface area (Å²) in [4.78, 5) is 35.4. The number of piperazine rings is 1. The number of allylic oxidation sites excluding steroid dienone is 2. The van der Waals surface area contributed by atoms with Crippen LogP contribution >= 0.6 is 0 Å². The summed E-state index contributed by atoms with van der Waals surface area (Å²) in [6.45, 7) is 7.25. The van der Waals surface area contributed by atoms with E-state index in [4.69, 9.17) is 4.98 Å². The minimum absolute atomic E-state index is 0.170. The van der Waals surface area contributed by atoms with Crippen LogP contribution in [-0.2, 0) is 4.79 Å². The number of fused-ring (bicyclic) bond motifs is 1. The topological polar surface area (TPSA) is 108 Å². The van der Waals surface area contributed by atoms with Gasteiger partial charge in [0.05, 0.1) is 6.20 Å². The summed E-state index contributed by atoms with van der Waals surface area (Å²) in [5.74, 6) is 0.171. The molecule has 0 radical (unpaired) electrons. The number of carbonyl (C=O) groups excluding carboxylic acids is 1. The summed E-state index contributed by atoms with van der Waals surface area (Å²) in [5.41, 5.74) is 2.32. The van der Waals surface area contributed by atoms with Gasteiger partial charge in [-0.05, 0) is 38.1 Å². The largest absolute Gasteiger partial charge is 0.573 e. The molecule has 1 saturated heterocycles. The summed E-state index contributed by atoms with van der Waals surface area (Å²) in [7, 11) is 2.08. The summed E-state index contributed by atoms with van der Waals surface area (Å²) < 4.78 is 41.8. The third kappa shape index (κ3) is 7.65. The summed E-state index contributed by atoms with van der Waals surface area (Å²) in [6, 6.07) is 5.13. The van der Waals surface area contributed by atoms with Crippen molar-refractivity contribution in [2.75, 3.05) is 48.8 Å². The highest BCUT2D eigenvalue weighted by Crippen LogP contribution is 2.26. The molecule has 3 heterocycles. The van der Waals surface area contributed by atoms with Gasteiger partial charge < -0.3 is 25.2 Å². The van der Waals surface area contributed by atoms with Gasteiger partial charge in [0.1, 0.15) is 23.1 Å². The van der Waals surface area contributed by atoms with Crippen molar-refractivity contribution < 1.29 is 22.7 Å². The van der Waals surface area contributed by atoms with Crippen molar-refractivity contribution in [2.24, 2.45) is 0 Å². The van der Waals surface area contributed by atoms with Crippen molar-refractivity contribution in [2.45, 2.75) is 33.1 Å². The number of alkyl halides is 3. The van der Waals surface area contributed by atoms with Crippen molar-refractivity contribution in [3.63, 3.8) is 0 Å². The molecule has 10 nitrogen and oxygen atoms in total. The first-order valence-electron chi connectivity index (χ1n) is 12.9. The molecule has 1 amide bonds. The Balaban J connectivity index is 1.55. The summed E-state index contributed by atoms with van der Waals surface area (Å²) >= 11 is 0. The Morgan fingerprint density at radius 3 is 2.58 bits per heavy atom. The first-order chi connectivity index (χ1) is 19.1. The molecule has 13 heteroatoms. The van der Waals surface area contributed by atoms with E-state index in [1.807, 2.05) is 13.8 Å². The highest BCUT2D eigenvalue weighted by molar-refractivity contribution is 6.06. The minimum atomic E-state index is -4.83. The van der Waals surface area contributed by atoms with Crippen LogP contribution in [0.5, 0.6) is 5.75 Å². The molecular weight excluding hydrogens is 525 g/mol. The lowest BCUT2D eigenvalue weighted by Crippen LogP contribution is -2.45. The standard InChI is InChI=1S/C27H31F3N8O2/c1-4-7-18(25(39)35-20-8-6-9-21(15-20)40-27(28,29)30)14-19(5-2)34-24-23-22(32-17-33-24)16-31-26(36-23)38-12-10-37(3)11-13-38/h6-9,14-17H,4-5,10-13H2,1-3H3,(H,35,39)(H,32,33,34)/b18-7+,19-14+. The number of amides is 1. The lowest BCUT2D eigenvalue weighted by atomic mass is 10.1. The van der Waals surface area contributed by atoms with Gasteiger partial charge in [-0.15, -0.1) is 13.2 Å². The molecule has 0 bridgehead atoms. The third-order valence-corrected chi connectivity index (χ3v) is 6.15. The Kier molecular flexibility index (Phi) is 9.15. The molecule has 3 aromatic rings. The number of nitrogens with zero attached hydrogens (tertiary/aromatic N) is 6. The second-order valence-corrected chi connectivity index (χ2v) is 9.16. The van der Waals surface area contributed by atoms with Crippen LogP contribution in [-0.4, -0.2) is 70.3 Å². The molecule has 0 atom stereocenters. The number of carbonyl (C=O) groups is 1. The van der Waals surface area contributed by atoms with E-state index in [1.165, 1.54) is 18.5 Å². The number of nitrogens with one attached hydrogen (secondary N) is 2. The molecule has 2 N–H and O–H groups in total. The van der Waals surface area contributed by atoms with Gasteiger partial charge in [0.2, 0.25) is 5.95 Å². The molecule has 1 aromatic carbocycles. The number of ether oxygens (including phenoxy) is 1. The number of halogens is 3. The second-order valence-electron chi connectivity index (χ2n) is 9.16. The fourth-order valence-electron chi connectivity index (χ4n) is 4.07. The van der Waals surface area contributed by atoms with Gasteiger partial charge in [0, 0.05) is 49.2 Å². The van der Waals surface area contributed by atoms with E-state index >= 15 is 0 Å². The summed E-state index contributed by atoms with van der Waals surface area (Å²) in [5, 5.41) is 5.92. The van der Waals surface area contributed by atoms with Crippen LogP contribution in [0.1, 0.15) is 26.7 Å². The Morgan fingerprint density at radius 1 is 1.10 bits per heavy atom. The lowest BCUT2D eigenvalue weighted by Gasteiger charge is -2.32. The van der Waals surface area contributed by atoms with E-state index in [2.05, 4.69) is 47.2 Å². The zero-order valence-electron chi connectivity index (χ0n) is 22.5. The van der Waals surface area contributed by atoms with Crippen LogP contribution in [0.25, 0.3) is 11.0 Å². The van der Waals surface area contributed by atoms with Crippen LogP contribution in [0, 0.1) is 0 Å². The van der Waals surface area contributed by atoms with Gasteiger partial charge in [-0.1, -0.05) is 26.0 Å². The fourth-order valence-corrected chi connectivity index (χ4v) is 4.07. The highest BCUT2D eigenvalue weighted by Gasteiger charge is 2.31. The zero-order chi connectivity index (χ0) is 28.7. The van der Waals surface area contributed by atoms with Crippen LogP contribution in [0.15, 0.2) is 60.2 Å². The first kappa shape index (κ1) is 28.7. The van der Waals surface area contributed by atoms with Crippen LogP contribution in [0.2, 0.25) is 0 Å². The van der Waals surface area contributed by atoms with Crippen LogP contribution in [0.3, 0.4) is 0 Å². The van der Waals surface area contributed by atoms with Crippen LogP contribution in [0.4, 0.5) is 30.6 Å². The molecule has 1 aliphatic rings. The number of hydrogen-bond donors (Lipinski definition) is 2. The first-order valence-corrected chi connectivity index (χ1v) is 12.9. The van der Waals surface area contributed by atoms with E-state index in [-0.39, 0.29) is 5.69 Å². The zero-order valence-corrected chi connectivity index (χ0v) is 22.5. The maximum atomic E-state index is 13.1. The molecule has 2 aromatic heterocycles. The number of benzene rings is 1. The number of hydrogen-bond acceptors (Lipinski definition) is 9. The van der Waals surface area contributed by atoms with Crippen molar-refractivity contribution in [1.82, 2.24) is 24.8 Å². The molecular formula is C27H31F3N8O2. The number of rotatable bonds is 9. The predicted molar refractivity (Wildman–Crippen MR) is 147 cm³/mol. The molecule has 0 saturated carbocycles. The Bertz CT molecular complexity index is 1400. The quantitative estimate of drug-likeness (QED) is 0.285. The molecule has 0 spiro atoms. The van der Waals surface area contributed by atoms with E-state index in [0.717, 1.165) is 38.3 Å². The number of likely N-dealkylation sites (N-methyl/N-ethyl adjacent to an activating group) is 1. The predicted octanol–water partition coefficient (Wildman–Crippen LogP) is 4.75. The smallest absolute Gasteiger partial charge is 0.406 e. The van der Waals surface area contributed by atoms with E-state index < -0.39 is 18.0 Å². The maximum absolute atomic E-state index is 13.1. The molecule has 0 unspecified atom stereocenters. The van der Waals surface area contributed by atoms with Gasteiger partial charge in [-0.25, -0.2) is 19.9 Å². The molecule has 0 aliphatic carbocycles. The maximum Gasteiger partial charge on any atom is 0.573 e. The molecule has 1 fully saturated rings.